The Labute approximate surface area is 119 Å². The number of nitrogens with one attached hydrogen (secondary N) is 1. The summed E-state index contributed by atoms with van der Waals surface area (Å²) in [4.78, 5) is 24.4. The van der Waals surface area contributed by atoms with Crippen LogP contribution in [-0.2, 0) is 4.79 Å². The molecule has 0 bridgehead atoms. The van der Waals surface area contributed by atoms with Crippen LogP contribution in [0.3, 0.4) is 0 Å². The Hall–Kier alpha value is -2.04. The fourth-order valence-corrected chi connectivity index (χ4v) is 1.93. The van der Waals surface area contributed by atoms with Crippen molar-refractivity contribution in [1.82, 2.24) is 4.90 Å². The lowest BCUT2D eigenvalue weighted by molar-refractivity contribution is -0.138. The first-order valence-corrected chi connectivity index (χ1v) is 6.71. The van der Waals surface area contributed by atoms with E-state index < -0.39 is 5.97 Å². The van der Waals surface area contributed by atoms with Gasteiger partial charge < -0.3 is 15.3 Å². The van der Waals surface area contributed by atoms with Crippen molar-refractivity contribution in [2.75, 3.05) is 11.9 Å². The molecule has 1 aromatic rings. The van der Waals surface area contributed by atoms with Crippen molar-refractivity contribution in [3.05, 3.63) is 29.3 Å². The number of aliphatic carboxylic acids is 1. The van der Waals surface area contributed by atoms with Crippen molar-refractivity contribution in [3.63, 3.8) is 0 Å². The van der Waals surface area contributed by atoms with Crippen molar-refractivity contribution in [1.29, 1.82) is 0 Å². The van der Waals surface area contributed by atoms with E-state index in [1.165, 1.54) is 4.90 Å². The lowest BCUT2D eigenvalue weighted by Crippen LogP contribution is -2.44. The van der Waals surface area contributed by atoms with E-state index in [2.05, 4.69) is 5.32 Å². The fraction of sp³-hybridized carbons (Fsp3) is 0.467. The van der Waals surface area contributed by atoms with E-state index in [1.54, 1.807) is 0 Å². The summed E-state index contributed by atoms with van der Waals surface area (Å²) >= 11 is 0. The summed E-state index contributed by atoms with van der Waals surface area (Å²) in [5.41, 5.74) is 2.78. The third kappa shape index (κ3) is 4.26. The number of carboxylic acid groups (broad SMARTS) is 1. The topological polar surface area (TPSA) is 69.6 Å². The average Bonchev–Trinajstić information content (AvgIpc) is 2.38. The van der Waals surface area contributed by atoms with Gasteiger partial charge in [0.05, 0.1) is 0 Å². The number of anilines is 1. The van der Waals surface area contributed by atoms with Crippen LogP contribution in [0.15, 0.2) is 18.2 Å². The molecule has 0 radical (unpaired) electrons. The van der Waals surface area contributed by atoms with Crippen LogP contribution in [0, 0.1) is 13.8 Å². The number of benzene rings is 1. The molecule has 2 amide bonds. The smallest absolute Gasteiger partial charge is 0.323 e. The van der Waals surface area contributed by atoms with E-state index in [0.717, 1.165) is 11.1 Å². The number of hydrogen-bond donors (Lipinski definition) is 2. The van der Waals surface area contributed by atoms with Crippen molar-refractivity contribution < 1.29 is 14.7 Å². The van der Waals surface area contributed by atoms with Crippen LogP contribution < -0.4 is 5.32 Å². The zero-order valence-corrected chi connectivity index (χ0v) is 12.4. The normalized spacial score (nSPS) is 11.8. The first-order chi connectivity index (χ1) is 9.35. The van der Waals surface area contributed by atoms with Crippen LogP contribution >= 0.6 is 0 Å². The molecule has 5 heteroatoms. The van der Waals surface area contributed by atoms with Gasteiger partial charge in [0.15, 0.2) is 0 Å². The lowest BCUT2D eigenvalue weighted by atomic mass is 10.1. The van der Waals surface area contributed by atoms with E-state index in [9.17, 15) is 9.59 Å². The zero-order valence-electron chi connectivity index (χ0n) is 12.4. The molecular formula is C15H22N2O3. The number of amides is 2. The quantitative estimate of drug-likeness (QED) is 0.869. The highest BCUT2D eigenvalue weighted by molar-refractivity contribution is 5.92. The second-order valence-corrected chi connectivity index (χ2v) is 5.03. The molecule has 20 heavy (non-hydrogen) atoms. The number of carboxylic acids is 1. The summed E-state index contributed by atoms with van der Waals surface area (Å²) in [6, 6.07) is 5.21. The van der Waals surface area contributed by atoms with Gasteiger partial charge >= 0.3 is 12.0 Å². The predicted molar refractivity (Wildman–Crippen MR) is 79.0 cm³/mol. The Kier molecular flexibility index (Phi) is 5.55. The Morgan fingerprint density at radius 1 is 1.35 bits per heavy atom. The van der Waals surface area contributed by atoms with E-state index in [4.69, 9.17) is 5.11 Å². The molecule has 0 fully saturated rings. The molecule has 1 rings (SSSR count). The van der Waals surface area contributed by atoms with Gasteiger partial charge in [0.1, 0.15) is 6.54 Å². The lowest BCUT2D eigenvalue weighted by Gasteiger charge is -2.27. The highest BCUT2D eigenvalue weighted by atomic mass is 16.4. The molecule has 0 heterocycles. The summed E-state index contributed by atoms with van der Waals surface area (Å²) in [6.45, 7) is 7.35. The summed E-state index contributed by atoms with van der Waals surface area (Å²) in [5, 5.41) is 11.7. The molecule has 0 saturated carbocycles. The van der Waals surface area contributed by atoms with Gasteiger partial charge in [-0.1, -0.05) is 24.6 Å². The number of urea groups is 1. The van der Waals surface area contributed by atoms with Crippen molar-refractivity contribution in [2.24, 2.45) is 0 Å². The Morgan fingerprint density at radius 2 is 2.00 bits per heavy atom. The third-order valence-electron chi connectivity index (χ3n) is 3.31. The number of hydrogen-bond acceptors (Lipinski definition) is 2. The van der Waals surface area contributed by atoms with Crippen LogP contribution in [-0.4, -0.2) is 34.6 Å². The maximum Gasteiger partial charge on any atom is 0.323 e. The monoisotopic (exact) mass is 278 g/mol. The largest absolute Gasteiger partial charge is 0.480 e. The van der Waals surface area contributed by atoms with Gasteiger partial charge in [0.25, 0.3) is 0 Å². The third-order valence-corrected chi connectivity index (χ3v) is 3.31. The van der Waals surface area contributed by atoms with Crippen LogP contribution in [0.25, 0.3) is 0 Å². The number of aryl methyl sites for hydroxylation is 2. The highest BCUT2D eigenvalue weighted by Gasteiger charge is 2.21. The molecule has 0 aliphatic heterocycles. The fourth-order valence-electron chi connectivity index (χ4n) is 1.93. The zero-order chi connectivity index (χ0) is 15.3. The molecule has 0 aromatic heterocycles. The maximum absolute atomic E-state index is 12.2. The van der Waals surface area contributed by atoms with Gasteiger partial charge in [-0.25, -0.2) is 4.79 Å². The molecule has 0 saturated heterocycles. The second kappa shape index (κ2) is 6.93. The van der Waals surface area contributed by atoms with E-state index >= 15 is 0 Å². The number of rotatable bonds is 5. The predicted octanol–water partition coefficient (Wildman–Crippen LogP) is 3.02. The van der Waals surface area contributed by atoms with Gasteiger partial charge in [-0.05, 0) is 38.8 Å². The molecule has 0 spiro atoms. The van der Waals surface area contributed by atoms with Crippen molar-refractivity contribution in [3.8, 4) is 0 Å². The first kappa shape index (κ1) is 16.0. The Bertz CT molecular complexity index is 500. The second-order valence-electron chi connectivity index (χ2n) is 5.03. The molecule has 1 atom stereocenters. The number of carbonyl (C=O) groups is 2. The van der Waals surface area contributed by atoms with Crippen molar-refractivity contribution >= 4 is 17.7 Å². The summed E-state index contributed by atoms with van der Waals surface area (Å²) in [6.07, 6.45) is 0.702. The Balaban J connectivity index is 2.87. The average molecular weight is 278 g/mol. The maximum atomic E-state index is 12.2. The van der Waals surface area contributed by atoms with E-state index in [0.29, 0.717) is 12.1 Å². The molecule has 0 aliphatic carbocycles. The molecular weight excluding hydrogens is 256 g/mol. The molecule has 2 N–H and O–H groups in total. The summed E-state index contributed by atoms with van der Waals surface area (Å²) in [5.74, 6) is -1.01. The van der Waals surface area contributed by atoms with E-state index in [1.807, 2.05) is 45.9 Å². The summed E-state index contributed by atoms with van der Waals surface area (Å²) in [7, 11) is 0. The molecule has 0 aliphatic rings. The van der Waals surface area contributed by atoms with Crippen LogP contribution in [0.2, 0.25) is 0 Å². The summed E-state index contributed by atoms with van der Waals surface area (Å²) < 4.78 is 0. The molecule has 110 valence electrons. The molecule has 5 nitrogen and oxygen atoms in total. The molecule has 1 unspecified atom stereocenters. The standard InChI is InChI=1S/C15H22N2O3/c1-5-12(4)17(9-14(18)19)15(20)16-13-7-6-10(2)8-11(13)3/h6-8,12H,5,9H2,1-4H3,(H,16,20)(H,18,19). The number of carbonyl (C=O) groups excluding carboxylic acids is 1. The van der Waals surface area contributed by atoms with Crippen LogP contribution in [0.5, 0.6) is 0 Å². The van der Waals surface area contributed by atoms with Crippen LogP contribution in [0.4, 0.5) is 10.5 Å². The minimum atomic E-state index is -1.01. The van der Waals surface area contributed by atoms with Gasteiger partial charge in [-0.15, -0.1) is 0 Å². The minimum absolute atomic E-state index is 0.128. The van der Waals surface area contributed by atoms with Gasteiger partial charge in [0, 0.05) is 11.7 Å². The minimum Gasteiger partial charge on any atom is -0.480 e. The van der Waals surface area contributed by atoms with Crippen LogP contribution in [0.1, 0.15) is 31.4 Å². The molecule has 1 aromatic carbocycles. The highest BCUT2D eigenvalue weighted by Crippen LogP contribution is 2.17. The van der Waals surface area contributed by atoms with Gasteiger partial charge in [-0.3, -0.25) is 4.79 Å². The first-order valence-electron chi connectivity index (χ1n) is 6.71. The van der Waals surface area contributed by atoms with E-state index in [-0.39, 0.29) is 18.6 Å². The van der Waals surface area contributed by atoms with Gasteiger partial charge in [0.2, 0.25) is 0 Å². The Morgan fingerprint density at radius 3 is 2.50 bits per heavy atom. The van der Waals surface area contributed by atoms with Crippen molar-refractivity contribution in [2.45, 2.75) is 40.2 Å². The number of nitrogens with zero attached hydrogens (tertiary/aromatic N) is 1. The SMILES string of the molecule is CCC(C)N(CC(=O)O)C(=O)Nc1ccc(C)cc1C. The van der Waals surface area contributed by atoms with Gasteiger partial charge in [-0.2, -0.15) is 0 Å².